The zero-order chi connectivity index (χ0) is 13.9. The second-order valence-corrected chi connectivity index (χ2v) is 5.69. The number of hydrogen-bond donors (Lipinski definition) is 2. The van der Waals surface area contributed by atoms with Gasteiger partial charge in [0.05, 0.1) is 13.1 Å². The zero-order valence-corrected chi connectivity index (χ0v) is 10.9. The molecule has 2 saturated carbocycles. The molecule has 0 radical (unpaired) electrons. The van der Waals surface area contributed by atoms with Crippen LogP contribution in [0.2, 0.25) is 0 Å². The predicted octanol–water partition coefficient (Wildman–Crippen LogP) is 2.22. The zero-order valence-electron chi connectivity index (χ0n) is 10.9. The van der Waals surface area contributed by atoms with E-state index < -0.39 is 12.7 Å². The number of hydrogen-bond acceptors (Lipinski definition) is 2. The number of carbonyl (C=O) groups excluding carboxylic acids is 1. The van der Waals surface area contributed by atoms with Gasteiger partial charge in [0.25, 0.3) is 0 Å². The van der Waals surface area contributed by atoms with Crippen LogP contribution in [-0.4, -0.2) is 31.2 Å². The molecular weight excluding hydrogens is 257 g/mol. The van der Waals surface area contributed by atoms with Crippen molar-refractivity contribution in [3.05, 3.63) is 0 Å². The average molecular weight is 278 g/mol. The van der Waals surface area contributed by atoms with Gasteiger partial charge in [-0.1, -0.05) is 32.1 Å². The maximum Gasteiger partial charge on any atom is 0.401 e. The summed E-state index contributed by atoms with van der Waals surface area (Å²) in [6.45, 7) is -1.37. The van der Waals surface area contributed by atoms with Crippen molar-refractivity contribution in [2.75, 3.05) is 13.1 Å². The molecule has 3 nitrogen and oxygen atoms in total. The van der Waals surface area contributed by atoms with E-state index in [4.69, 9.17) is 0 Å². The third-order valence-electron chi connectivity index (χ3n) is 4.05. The van der Waals surface area contributed by atoms with Crippen LogP contribution in [0, 0.1) is 11.8 Å². The van der Waals surface area contributed by atoms with Crippen LogP contribution in [0.15, 0.2) is 0 Å². The summed E-state index contributed by atoms with van der Waals surface area (Å²) in [5.41, 5.74) is 0. The summed E-state index contributed by atoms with van der Waals surface area (Å²) in [6.07, 6.45) is 3.07. The van der Waals surface area contributed by atoms with E-state index >= 15 is 0 Å². The molecule has 2 fully saturated rings. The third kappa shape index (κ3) is 5.01. The molecule has 0 aromatic heterocycles. The highest BCUT2D eigenvalue weighted by Gasteiger charge is 2.43. The molecule has 2 N–H and O–H groups in total. The van der Waals surface area contributed by atoms with Crippen LogP contribution in [0.1, 0.15) is 38.5 Å². The van der Waals surface area contributed by atoms with Crippen molar-refractivity contribution in [1.82, 2.24) is 10.6 Å². The van der Waals surface area contributed by atoms with Gasteiger partial charge in [-0.3, -0.25) is 4.79 Å². The standard InChI is InChI=1S/C13H21F3N2O/c14-13(15,16)8-17-7-12(19)18-11-6-10(11)9-4-2-1-3-5-9/h9-11,17H,1-8H2,(H,18,19)/t10-,11+/m1/s1. The number of carbonyl (C=O) groups is 1. The van der Waals surface area contributed by atoms with Crippen LogP contribution in [0.25, 0.3) is 0 Å². The van der Waals surface area contributed by atoms with E-state index in [9.17, 15) is 18.0 Å². The van der Waals surface area contributed by atoms with Gasteiger partial charge < -0.3 is 10.6 Å². The van der Waals surface area contributed by atoms with Gasteiger partial charge in [0.1, 0.15) is 0 Å². The minimum absolute atomic E-state index is 0.197. The fraction of sp³-hybridized carbons (Fsp3) is 0.923. The topological polar surface area (TPSA) is 41.1 Å². The van der Waals surface area contributed by atoms with Crippen LogP contribution in [-0.2, 0) is 4.79 Å². The molecule has 0 saturated heterocycles. The number of alkyl halides is 3. The Balaban J connectivity index is 1.59. The Morgan fingerprint density at radius 1 is 1.16 bits per heavy atom. The van der Waals surface area contributed by atoms with Crippen molar-refractivity contribution >= 4 is 5.91 Å². The van der Waals surface area contributed by atoms with E-state index in [1.165, 1.54) is 32.1 Å². The van der Waals surface area contributed by atoms with Crippen LogP contribution in [0.3, 0.4) is 0 Å². The molecule has 0 unspecified atom stereocenters. The number of amides is 1. The Labute approximate surface area is 111 Å². The summed E-state index contributed by atoms with van der Waals surface area (Å²) in [5, 5.41) is 4.93. The largest absolute Gasteiger partial charge is 0.401 e. The summed E-state index contributed by atoms with van der Waals surface area (Å²) in [7, 11) is 0. The van der Waals surface area contributed by atoms with Crippen molar-refractivity contribution in [2.45, 2.75) is 50.7 Å². The van der Waals surface area contributed by atoms with Crippen LogP contribution >= 0.6 is 0 Å². The maximum absolute atomic E-state index is 11.9. The second kappa shape index (κ2) is 6.11. The van der Waals surface area contributed by atoms with Gasteiger partial charge in [-0.25, -0.2) is 0 Å². The highest BCUT2D eigenvalue weighted by atomic mass is 19.4. The van der Waals surface area contributed by atoms with Crippen molar-refractivity contribution in [3.63, 3.8) is 0 Å². The van der Waals surface area contributed by atoms with Gasteiger partial charge in [-0.15, -0.1) is 0 Å². The highest BCUT2D eigenvalue weighted by Crippen LogP contribution is 2.44. The first kappa shape index (κ1) is 14.6. The fourth-order valence-electron chi connectivity index (χ4n) is 3.04. The quantitative estimate of drug-likeness (QED) is 0.809. The SMILES string of the molecule is O=C(CNCC(F)(F)F)N[C@H]1C[C@@H]1C1CCCCC1. The van der Waals surface area contributed by atoms with Gasteiger partial charge in [-0.05, 0) is 18.3 Å². The summed E-state index contributed by atoms with van der Waals surface area (Å²) >= 11 is 0. The molecule has 0 heterocycles. The molecule has 2 rings (SSSR count). The first-order valence-electron chi connectivity index (χ1n) is 7.02. The minimum atomic E-state index is -4.26. The summed E-state index contributed by atoms with van der Waals surface area (Å²) in [5.74, 6) is 0.946. The fourth-order valence-corrected chi connectivity index (χ4v) is 3.04. The molecule has 110 valence electrons. The third-order valence-corrected chi connectivity index (χ3v) is 4.05. The van der Waals surface area contributed by atoms with Crippen molar-refractivity contribution in [3.8, 4) is 0 Å². The Hall–Kier alpha value is -0.780. The molecule has 0 aromatic carbocycles. The van der Waals surface area contributed by atoms with Gasteiger partial charge >= 0.3 is 6.18 Å². The molecular formula is C13H21F3N2O. The molecule has 0 aliphatic heterocycles. The summed E-state index contributed by atoms with van der Waals surface area (Å²) in [4.78, 5) is 11.5. The average Bonchev–Trinajstić information content (AvgIpc) is 3.07. The van der Waals surface area contributed by atoms with Crippen LogP contribution < -0.4 is 10.6 Å². The number of halogens is 3. The molecule has 2 atom stereocenters. The Kier molecular flexibility index (Phi) is 4.71. The molecule has 0 spiro atoms. The molecule has 2 aliphatic rings. The first-order valence-corrected chi connectivity index (χ1v) is 7.02. The molecule has 6 heteroatoms. The minimum Gasteiger partial charge on any atom is -0.352 e. The number of nitrogens with one attached hydrogen (secondary N) is 2. The lowest BCUT2D eigenvalue weighted by atomic mass is 9.85. The molecule has 2 aliphatic carbocycles. The predicted molar refractivity (Wildman–Crippen MR) is 65.5 cm³/mol. The van der Waals surface area contributed by atoms with Crippen molar-refractivity contribution in [2.24, 2.45) is 11.8 Å². The highest BCUT2D eigenvalue weighted by molar-refractivity contribution is 5.78. The van der Waals surface area contributed by atoms with Crippen LogP contribution in [0.4, 0.5) is 13.2 Å². The molecule has 1 amide bonds. The summed E-state index contributed by atoms with van der Waals surface area (Å²) < 4.78 is 35.7. The molecule has 0 aromatic rings. The Morgan fingerprint density at radius 3 is 2.47 bits per heavy atom. The Bertz CT molecular complexity index is 314. The maximum atomic E-state index is 11.9. The van der Waals surface area contributed by atoms with Crippen LogP contribution in [0.5, 0.6) is 0 Å². The lowest BCUT2D eigenvalue weighted by Crippen LogP contribution is -2.39. The Morgan fingerprint density at radius 2 is 1.84 bits per heavy atom. The normalized spacial score (nSPS) is 28.2. The summed E-state index contributed by atoms with van der Waals surface area (Å²) in [6, 6.07) is 0.197. The van der Waals surface area contributed by atoms with Gasteiger partial charge in [0, 0.05) is 6.04 Å². The van der Waals surface area contributed by atoms with Crippen molar-refractivity contribution < 1.29 is 18.0 Å². The monoisotopic (exact) mass is 278 g/mol. The van der Waals surface area contributed by atoms with E-state index in [0.717, 1.165) is 6.42 Å². The molecule has 0 bridgehead atoms. The van der Waals surface area contributed by atoms with E-state index in [2.05, 4.69) is 10.6 Å². The first-order chi connectivity index (χ1) is 8.96. The van der Waals surface area contributed by atoms with E-state index in [0.29, 0.717) is 11.8 Å². The van der Waals surface area contributed by atoms with E-state index in [-0.39, 0.29) is 18.5 Å². The lowest BCUT2D eigenvalue weighted by molar-refractivity contribution is -0.128. The van der Waals surface area contributed by atoms with E-state index in [1.807, 2.05) is 0 Å². The van der Waals surface area contributed by atoms with Gasteiger partial charge in [0.2, 0.25) is 5.91 Å². The van der Waals surface area contributed by atoms with E-state index in [1.54, 1.807) is 0 Å². The second-order valence-electron chi connectivity index (χ2n) is 5.69. The molecule has 19 heavy (non-hydrogen) atoms. The smallest absolute Gasteiger partial charge is 0.352 e. The van der Waals surface area contributed by atoms with Gasteiger partial charge in [0.15, 0.2) is 0 Å². The van der Waals surface area contributed by atoms with Crippen molar-refractivity contribution in [1.29, 1.82) is 0 Å². The van der Waals surface area contributed by atoms with Gasteiger partial charge in [-0.2, -0.15) is 13.2 Å². The number of rotatable bonds is 5. The lowest BCUT2D eigenvalue weighted by Gasteiger charge is -2.21.